The Morgan fingerprint density at radius 1 is 1.04 bits per heavy atom. The lowest BCUT2D eigenvalue weighted by Gasteiger charge is -2.30. The van der Waals surface area contributed by atoms with E-state index >= 15 is 0 Å². The number of piperidine rings is 1. The number of primary amides is 1. The topological polar surface area (TPSA) is 78.7 Å². The highest BCUT2D eigenvalue weighted by molar-refractivity contribution is 5.79. The van der Waals surface area contributed by atoms with E-state index in [0.717, 1.165) is 58.5 Å². The first-order valence-corrected chi connectivity index (χ1v) is 10.1. The summed E-state index contributed by atoms with van der Waals surface area (Å²) in [4.78, 5) is 27.9. The summed E-state index contributed by atoms with van der Waals surface area (Å²) in [7, 11) is 0. The van der Waals surface area contributed by atoms with E-state index < -0.39 is 0 Å². The second-order valence-corrected chi connectivity index (χ2v) is 7.97. The molecule has 1 unspecified atom stereocenters. The van der Waals surface area contributed by atoms with Crippen molar-refractivity contribution in [2.45, 2.75) is 32.2 Å². The second-order valence-electron chi connectivity index (χ2n) is 7.97. The molecule has 2 fully saturated rings. The number of carbonyl (C=O) groups excluding carboxylic acids is 2. The van der Waals surface area contributed by atoms with Crippen molar-refractivity contribution < 1.29 is 9.59 Å². The maximum atomic E-state index is 12.4. The summed E-state index contributed by atoms with van der Waals surface area (Å²) >= 11 is 0. The Morgan fingerprint density at radius 2 is 1.74 bits per heavy atom. The highest BCUT2D eigenvalue weighted by Crippen LogP contribution is 2.21. The standard InChI is InChI=1S/C21H32N4O2/c22-20(26)16-24-12-8-19(9-13-24)21(27)23-10-6-18-7-11-25(15-18)14-17-4-2-1-3-5-17/h1-5,18-19H,6-16H2,(H2,22,26)(H,23,27). The van der Waals surface area contributed by atoms with Crippen LogP contribution in [0.2, 0.25) is 0 Å². The quantitative estimate of drug-likeness (QED) is 0.719. The maximum Gasteiger partial charge on any atom is 0.231 e. The number of amides is 2. The largest absolute Gasteiger partial charge is 0.369 e. The van der Waals surface area contributed by atoms with Gasteiger partial charge in [0.1, 0.15) is 0 Å². The predicted molar refractivity (Wildman–Crippen MR) is 106 cm³/mol. The molecular weight excluding hydrogens is 340 g/mol. The third kappa shape index (κ3) is 6.33. The smallest absolute Gasteiger partial charge is 0.231 e. The molecule has 2 saturated heterocycles. The Labute approximate surface area is 162 Å². The summed E-state index contributed by atoms with van der Waals surface area (Å²) in [6.07, 6.45) is 3.90. The van der Waals surface area contributed by atoms with Gasteiger partial charge in [0.05, 0.1) is 6.54 Å². The number of hydrogen-bond acceptors (Lipinski definition) is 4. The van der Waals surface area contributed by atoms with Crippen LogP contribution >= 0.6 is 0 Å². The molecule has 6 heteroatoms. The fraction of sp³-hybridized carbons (Fsp3) is 0.619. The van der Waals surface area contributed by atoms with E-state index in [9.17, 15) is 9.59 Å². The average molecular weight is 373 g/mol. The van der Waals surface area contributed by atoms with Crippen LogP contribution in [0, 0.1) is 11.8 Å². The van der Waals surface area contributed by atoms with Gasteiger partial charge in [-0.15, -0.1) is 0 Å². The number of carbonyl (C=O) groups is 2. The zero-order chi connectivity index (χ0) is 19.1. The van der Waals surface area contributed by atoms with E-state index in [1.165, 1.54) is 12.0 Å². The minimum Gasteiger partial charge on any atom is -0.369 e. The van der Waals surface area contributed by atoms with Gasteiger partial charge in [-0.3, -0.25) is 19.4 Å². The molecule has 148 valence electrons. The Bertz CT molecular complexity index is 614. The first kappa shape index (κ1) is 19.8. The van der Waals surface area contributed by atoms with Gasteiger partial charge >= 0.3 is 0 Å². The van der Waals surface area contributed by atoms with Crippen LogP contribution in [-0.2, 0) is 16.1 Å². The molecule has 2 heterocycles. The molecule has 0 radical (unpaired) electrons. The van der Waals surface area contributed by atoms with Crippen LogP contribution in [0.5, 0.6) is 0 Å². The van der Waals surface area contributed by atoms with Crippen molar-refractivity contribution in [2.75, 3.05) is 39.3 Å². The monoisotopic (exact) mass is 372 g/mol. The van der Waals surface area contributed by atoms with E-state index in [1.807, 2.05) is 4.90 Å². The summed E-state index contributed by atoms with van der Waals surface area (Å²) in [5.74, 6) is 0.627. The summed E-state index contributed by atoms with van der Waals surface area (Å²) in [5, 5.41) is 3.13. The summed E-state index contributed by atoms with van der Waals surface area (Å²) < 4.78 is 0. The Balaban J connectivity index is 1.30. The molecule has 3 N–H and O–H groups in total. The van der Waals surface area contributed by atoms with Crippen LogP contribution in [0.4, 0.5) is 0 Å². The van der Waals surface area contributed by atoms with Gasteiger partial charge in [-0.25, -0.2) is 0 Å². The minimum atomic E-state index is -0.296. The van der Waals surface area contributed by atoms with Gasteiger partial charge in [0.2, 0.25) is 11.8 Å². The first-order valence-electron chi connectivity index (χ1n) is 10.1. The summed E-state index contributed by atoms with van der Waals surface area (Å²) in [6.45, 7) is 5.91. The minimum absolute atomic E-state index is 0.0762. The lowest BCUT2D eigenvalue weighted by molar-refractivity contribution is -0.126. The average Bonchev–Trinajstić information content (AvgIpc) is 3.10. The third-order valence-electron chi connectivity index (χ3n) is 5.81. The summed E-state index contributed by atoms with van der Waals surface area (Å²) in [6, 6.07) is 10.6. The lowest BCUT2D eigenvalue weighted by atomic mass is 9.95. The Hall–Kier alpha value is -1.92. The SMILES string of the molecule is NC(=O)CN1CCC(C(=O)NCCC2CCN(Cc3ccccc3)C2)CC1. The molecule has 2 amide bonds. The number of likely N-dealkylation sites (tertiary alicyclic amines) is 2. The molecule has 27 heavy (non-hydrogen) atoms. The molecule has 3 rings (SSSR count). The molecular formula is C21H32N4O2. The first-order chi connectivity index (χ1) is 13.1. The number of nitrogens with two attached hydrogens (primary N) is 1. The van der Waals surface area contributed by atoms with E-state index in [1.54, 1.807) is 0 Å². The van der Waals surface area contributed by atoms with Crippen molar-refractivity contribution in [2.24, 2.45) is 17.6 Å². The van der Waals surface area contributed by atoms with Crippen LogP contribution < -0.4 is 11.1 Å². The Kier molecular flexibility index (Phi) is 7.24. The fourth-order valence-corrected chi connectivity index (χ4v) is 4.25. The van der Waals surface area contributed by atoms with Gasteiger partial charge in [0, 0.05) is 25.6 Å². The number of nitrogens with zero attached hydrogens (tertiary/aromatic N) is 2. The van der Waals surface area contributed by atoms with Crippen molar-refractivity contribution in [3.63, 3.8) is 0 Å². The molecule has 0 bridgehead atoms. The number of hydrogen-bond donors (Lipinski definition) is 2. The molecule has 0 aliphatic carbocycles. The summed E-state index contributed by atoms with van der Waals surface area (Å²) in [5.41, 5.74) is 6.60. The van der Waals surface area contributed by atoms with Gasteiger partial charge in [-0.1, -0.05) is 30.3 Å². The second kappa shape index (κ2) is 9.85. The molecule has 1 atom stereocenters. The molecule has 2 aliphatic heterocycles. The van der Waals surface area contributed by atoms with Gasteiger partial charge in [-0.2, -0.15) is 0 Å². The number of benzene rings is 1. The molecule has 0 saturated carbocycles. The zero-order valence-corrected chi connectivity index (χ0v) is 16.1. The van der Waals surface area contributed by atoms with Gasteiger partial charge in [0.15, 0.2) is 0 Å². The van der Waals surface area contributed by atoms with Crippen molar-refractivity contribution in [1.82, 2.24) is 15.1 Å². The maximum absolute atomic E-state index is 12.4. The fourth-order valence-electron chi connectivity index (χ4n) is 4.25. The van der Waals surface area contributed by atoms with Gasteiger partial charge in [-0.05, 0) is 56.8 Å². The van der Waals surface area contributed by atoms with E-state index in [2.05, 4.69) is 40.5 Å². The van der Waals surface area contributed by atoms with Crippen molar-refractivity contribution in [3.8, 4) is 0 Å². The molecule has 0 aromatic heterocycles. The van der Waals surface area contributed by atoms with E-state index in [0.29, 0.717) is 12.5 Å². The third-order valence-corrected chi connectivity index (χ3v) is 5.81. The van der Waals surface area contributed by atoms with Gasteiger partial charge in [0.25, 0.3) is 0 Å². The molecule has 6 nitrogen and oxygen atoms in total. The van der Waals surface area contributed by atoms with Crippen LogP contribution in [0.1, 0.15) is 31.2 Å². The van der Waals surface area contributed by atoms with Crippen molar-refractivity contribution >= 4 is 11.8 Å². The van der Waals surface area contributed by atoms with Crippen LogP contribution in [0.3, 0.4) is 0 Å². The zero-order valence-electron chi connectivity index (χ0n) is 16.1. The number of nitrogens with one attached hydrogen (secondary N) is 1. The van der Waals surface area contributed by atoms with Gasteiger partial charge < -0.3 is 11.1 Å². The van der Waals surface area contributed by atoms with E-state index in [4.69, 9.17) is 5.73 Å². The Morgan fingerprint density at radius 3 is 2.44 bits per heavy atom. The number of rotatable bonds is 8. The van der Waals surface area contributed by atoms with Crippen LogP contribution in [-0.4, -0.2) is 60.9 Å². The normalized spacial score (nSPS) is 22.0. The molecule has 1 aromatic rings. The van der Waals surface area contributed by atoms with Crippen molar-refractivity contribution in [1.29, 1.82) is 0 Å². The van der Waals surface area contributed by atoms with Crippen LogP contribution in [0.25, 0.3) is 0 Å². The van der Waals surface area contributed by atoms with Crippen molar-refractivity contribution in [3.05, 3.63) is 35.9 Å². The van der Waals surface area contributed by atoms with E-state index in [-0.39, 0.29) is 17.7 Å². The lowest BCUT2D eigenvalue weighted by Crippen LogP contribution is -2.43. The molecule has 2 aliphatic rings. The predicted octanol–water partition coefficient (Wildman–Crippen LogP) is 1.21. The highest BCUT2D eigenvalue weighted by Gasteiger charge is 2.26. The highest BCUT2D eigenvalue weighted by atomic mass is 16.2. The molecule has 1 aromatic carbocycles. The van der Waals surface area contributed by atoms with Crippen LogP contribution in [0.15, 0.2) is 30.3 Å². The molecule has 0 spiro atoms.